The fourth-order valence-electron chi connectivity index (χ4n) is 2.30. The molecule has 0 saturated heterocycles. The molecule has 0 saturated carbocycles. The number of benzene rings is 1. The van der Waals surface area contributed by atoms with Crippen molar-refractivity contribution in [2.24, 2.45) is 5.92 Å². The van der Waals surface area contributed by atoms with Crippen LogP contribution in [0.5, 0.6) is 0 Å². The predicted molar refractivity (Wildman–Crippen MR) is 84.4 cm³/mol. The van der Waals surface area contributed by atoms with Crippen LogP contribution in [-0.2, 0) is 16.1 Å². The van der Waals surface area contributed by atoms with E-state index in [2.05, 4.69) is 46.1 Å². The van der Waals surface area contributed by atoms with Gasteiger partial charge in [-0.15, -0.1) is 0 Å². The van der Waals surface area contributed by atoms with Gasteiger partial charge in [0.2, 0.25) is 0 Å². The minimum Gasteiger partial charge on any atom is -0.466 e. The highest BCUT2D eigenvalue weighted by Gasteiger charge is 2.10. The molecule has 1 aromatic rings. The molecule has 0 bridgehead atoms. The molecule has 1 aliphatic rings. The number of hydrogen-bond donors (Lipinski definition) is 0. The first-order valence-electron chi connectivity index (χ1n) is 7.15. The summed E-state index contributed by atoms with van der Waals surface area (Å²) in [5.74, 6) is 0.146. The van der Waals surface area contributed by atoms with Crippen LogP contribution >= 0.6 is 0 Å². The molecule has 3 heteroatoms. The van der Waals surface area contributed by atoms with E-state index in [1.165, 1.54) is 18.7 Å². The van der Waals surface area contributed by atoms with E-state index in [0.29, 0.717) is 5.92 Å². The van der Waals surface area contributed by atoms with Crippen LogP contribution in [0.15, 0.2) is 66.9 Å². The molecule has 2 rings (SSSR count). The molecule has 0 spiro atoms. The molecule has 3 nitrogen and oxygen atoms in total. The second-order valence-corrected chi connectivity index (χ2v) is 5.06. The Balaban J connectivity index is 2.02. The van der Waals surface area contributed by atoms with Gasteiger partial charge < -0.3 is 9.64 Å². The highest BCUT2D eigenvalue weighted by atomic mass is 16.5. The standard InChI is InChI=1S/C18H21NO2/c1-21-18(20)12-13-19(14-16-8-4-2-5-9-16)15-17-10-6-3-7-11-17/h2-10,12-13,17H,11,14-15H2,1H3/b13-12-/t17-/m1/s1. The van der Waals surface area contributed by atoms with Gasteiger partial charge in [0.05, 0.1) is 7.11 Å². The molecule has 1 atom stereocenters. The number of esters is 1. The molecule has 0 radical (unpaired) electrons. The van der Waals surface area contributed by atoms with Gasteiger partial charge in [-0.3, -0.25) is 0 Å². The molecule has 0 heterocycles. The van der Waals surface area contributed by atoms with Crippen molar-refractivity contribution in [1.29, 1.82) is 0 Å². The molecule has 0 fully saturated rings. The Bertz CT molecular complexity index is 531. The van der Waals surface area contributed by atoms with Crippen LogP contribution in [0, 0.1) is 5.92 Å². The lowest BCUT2D eigenvalue weighted by atomic mass is 10.00. The smallest absolute Gasteiger partial charge is 0.331 e. The SMILES string of the molecule is COC(=O)/C=C\N(Cc1ccccc1)C[C@@H]1C=CC=CC1. The van der Waals surface area contributed by atoms with Crippen LogP contribution in [0.25, 0.3) is 0 Å². The van der Waals surface area contributed by atoms with E-state index < -0.39 is 0 Å². The van der Waals surface area contributed by atoms with E-state index in [1.54, 1.807) is 0 Å². The van der Waals surface area contributed by atoms with Gasteiger partial charge in [0.15, 0.2) is 0 Å². The van der Waals surface area contributed by atoms with Crippen LogP contribution < -0.4 is 0 Å². The zero-order valence-electron chi connectivity index (χ0n) is 12.3. The van der Waals surface area contributed by atoms with Gasteiger partial charge in [-0.25, -0.2) is 4.79 Å². The maximum Gasteiger partial charge on any atom is 0.331 e. The van der Waals surface area contributed by atoms with Crippen molar-refractivity contribution in [3.8, 4) is 0 Å². The van der Waals surface area contributed by atoms with Crippen LogP contribution in [0.4, 0.5) is 0 Å². The first-order chi connectivity index (χ1) is 10.3. The minimum absolute atomic E-state index is 0.327. The van der Waals surface area contributed by atoms with Crippen molar-refractivity contribution in [2.45, 2.75) is 13.0 Å². The number of methoxy groups -OCH3 is 1. The van der Waals surface area contributed by atoms with E-state index in [1.807, 2.05) is 24.4 Å². The summed E-state index contributed by atoms with van der Waals surface area (Å²) in [6.07, 6.45) is 12.9. The molecule has 1 aliphatic carbocycles. The van der Waals surface area contributed by atoms with Gasteiger partial charge in [0.1, 0.15) is 0 Å². The summed E-state index contributed by atoms with van der Waals surface area (Å²) < 4.78 is 4.66. The van der Waals surface area contributed by atoms with Crippen molar-refractivity contribution < 1.29 is 9.53 Å². The summed E-state index contributed by atoms with van der Waals surface area (Å²) >= 11 is 0. The maximum atomic E-state index is 11.3. The third-order valence-corrected chi connectivity index (χ3v) is 3.39. The van der Waals surface area contributed by atoms with Crippen molar-refractivity contribution in [1.82, 2.24) is 4.90 Å². The number of hydrogen-bond acceptors (Lipinski definition) is 3. The second-order valence-electron chi connectivity index (χ2n) is 5.06. The summed E-state index contributed by atoms with van der Waals surface area (Å²) in [4.78, 5) is 13.5. The van der Waals surface area contributed by atoms with Gasteiger partial charge in [-0.2, -0.15) is 0 Å². The first kappa shape index (κ1) is 15.1. The zero-order valence-corrected chi connectivity index (χ0v) is 12.3. The van der Waals surface area contributed by atoms with E-state index in [0.717, 1.165) is 19.5 Å². The summed E-state index contributed by atoms with van der Waals surface area (Å²) in [6, 6.07) is 10.2. The number of allylic oxidation sites excluding steroid dienone is 3. The Hall–Kier alpha value is -2.29. The van der Waals surface area contributed by atoms with E-state index in [4.69, 9.17) is 0 Å². The fraction of sp³-hybridized carbons (Fsp3) is 0.278. The average Bonchev–Trinajstić information content (AvgIpc) is 2.54. The van der Waals surface area contributed by atoms with Gasteiger partial charge in [-0.1, -0.05) is 54.6 Å². The number of carbonyl (C=O) groups is 1. The second kappa shape index (κ2) is 8.10. The average molecular weight is 283 g/mol. The Morgan fingerprint density at radius 1 is 1.33 bits per heavy atom. The molecule has 21 heavy (non-hydrogen) atoms. The normalized spacial score (nSPS) is 17.1. The lowest BCUT2D eigenvalue weighted by Crippen LogP contribution is -2.24. The monoisotopic (exact) mass is 283 g/mol. The fourth-order valence-corrected chi connectivity index (χ4v) is 2.30. The Labute approximate surface area is 126 Å². The molecular formula is C18H21NO2. The maximum absolute atomic E-state index is 11.3. The van der Waals surface area contributed by atoms with Crippen LogP contribution in [0.2, 0.25) is 0 Å². The Morgan fingerprint density at radius 2 is 2.14 bits per heavy atom. The third-order valence-electron chi connectivity index (χ3n) is 3.39. The molecule has 0 aromatic heterocycles. The van der Waals surface area contributed by atoms with Crippen molar-refractivity contribution in [2.75, 3.05) is 13.7 Å². The topological polar surface area (TPSA) is 29.5 Å². The van der Waals surface area contributed by atoms with Crippen LogP contribution in [0.1, 0.15) is 12.0 Å². The van der Waals surface area contributed by atoms with Gasteiger partial charge >= 0.3 is 5.97 Å². The van der Waals surface area contributed by atoms with Crippen molar-refractivity contribution in [3.05, 3.63) is 72.5 Å². The Morgan fingerprint density at radius 3 is 2.81 bits per heavy atom. The zero-order chi connectivity index (χ0) is 14.9. The number of nitrogens with zero attached hydrogens (tertiary/aromatic N) is 1. The highest BCUT2D eigenvalue weighted by molar-refractivity contribution is 5.81. The molecule has 110 valence electrons. The number of carbonyl (C=O) groups excluding carboxylic acids is 1. The van der Waals surface area contributed by atoms with Gasteiger partial charge in [0, 0.05) is 25.4 Å². The lowest BCUT2D eigenvalue weighted by molar-refractivity contribution is -0.134. The van der Waals surface area contributed by atoms with Crippen LogP contribution in [0.3, 0.4) is 0 Å². The third kappa shape index (κ3) is 5.30. The van der Waals surface area contributed by atoms with E-state index in [9.17, 15) is 4.79 Å². The number of rotatable bonds is 6. The largest absolute Gasteiger partial charge is 0.466 e. The number of ether oxygens (including phenoxy) is 1. The summed E-state index contributed by atoms with van der Waals surface area (Å²) in [6.45, 7) is 1.66. The highest BCUT2D eigenvalue weighted by Crippen LogP contribution is 2.15. The summed E-state index contributed by atoms with van der Waals surface area (Å²) in [7, 11) is 1.39. The molecule has 1 aromatic carbocycles. The minimum atomic E-state index is -0.327. The molecule has 0 aliphatic heterocycles. The summed E-state index contributed by atoms with van der Waals surface area (Å²) in [5, 5.41) is 0. The van der Waals surface area contributed by atoms with Crippen LogP contribution in [-0.4, -0.2) is 24.5 Å². The van der Waals surface area contributed by atoms with Crippen molar-refractivity contribution in [3.63, 3.8) is 0 Å². The lowest BCUT2D eigenvalue weighted by Gasteiger charge is -2.25. The van der Waals surface area contributed by atoms with E-state index in [-0.39, 0.29) is 5.97 Å². The predicted octanol–water partition coefficient (Wildman–Crippen LogP) is 3.31. The van der Waals surface area contributed by atoms with Gasteiger partial charge in [-0.05, 0) is 17.9 Å². The van der Waals surface area contributed by atoms with E-state index >= 15 is 0 Å². The quantitative estimate of drug-likeness (QED) is 0.592. The molecular weight excluding hydrogens is 262 g/mol. The summed E-state index contributed by atoms with van der Waals surface area (Å²) in [5.41, 5.74) is 1.22. The molecule has 0 unspecified atom stereocenters. The molecule has 0 N–H and O–H groups in total. The Kier molecular flexibility index (Phi) is 5.83. The van der Waals surface area contributed by atoms with Crippen molar-refractivity contribution >= 4 is 5.97 Å². The van der Waals surface area contributed by atoms with Gasteiger partial charge in [0.25, 0.3) is 0 Å². The first-order valence-corrected chi connectivity index (χ1v) is 7.15. The molecule has 0 amide bonds.